The molecule has 2 rings (SSSR count). The van der Waals surface area contributed by atoms with Crippen LogP contribution in [0.25, 0.3) is 11.3 Å². The summed E-state index contributed by atoms with van der Waals surface area (Å²) in [4.78, 5) is 22.5. The number of benzene rings is 1. The lowest BCUT2D eigenvalue weighted by Gasteiger charge is -2.01. The second-order valence-corrected chi connectivity index (χ2v) is 5.03. The third-order valence-electron chi connectivity index (χ3n) is 3.02. The Hall–Kier alpha value is -2.34. The van der Waals surface area contributed by atoms with Gasteiger partial charge < -0.3 is 10.1 Å². The van der Waals surface area contributed by atoms with Crippen molar-refractivity contribution in [2.75, 3.05) is 13.7 Å². The molecule has 0 saturated carbocycles. The molecule has 0 unspecified atom stereocenters. The summed E-state index contributed by atoms with van der Waals surface area (Å²) in [6.45, 7) is 0.380. The minimum atomic E-state index is -0.406. The first-order valence-electron chi connectivity index (χ1n) is 6.76. The standard InChI is InChI=1S/C15H16ClN3O3/c1-22-11-5-2-4-10(8-11)12-9-13(19-18-12)15(21)17-7-3-6-14(16)20/h2,4-5,8-9H,3,6-7H2,1H3,(H,17,21)(H,18,19). The van der Waals surface area contributed by atoms with Gasteiger partial charge in [0.15, 0.2) is 0 Å². The molecule has 0 bridgehead atoms. The minimum Gasteiger partial charge on any atom is -0.497 e. The molecule has 1 aromatic carbocycles. The third-order valence-corrected chi connectivity index (χ3v) is 3.21. The second kappa shape index (κ2) is 7.61. The van der Waals surface area contributed by atoms with Gasteiger partial charge in [-0.1, -0.05) is 12.1 Å². The van der Waals surface area contributed by atoms with Crippen LogP contribution in [-0.2, 0) is 4.79 Å². The molecule has 2 N–H and O–H groups in total. The number of methoxy groups -OCH3 is 1. The highest BCUT2D eigenvalue weighted by molar-refractivity contribution is 6.63. The number of nitrogens with zero attached hydrogens (tertiary/aromatic N) is 1. The first kappa shape index (κ1) is 16.0. The number of aromatic amines is 1. The maximum Gasteiger partial charge on any atom is 0.269 e. The number of nitrogens with one attached hydrogen (secondary N) is 2. The Labute approximate surface area is 132 Å². The molecule has 0 saturated heterocycles. The molecule has 1 aromatic heterocycles. The Morgan fingerprint density at radius 1 is 1.36 bits per heavy atom. The first-order chi connectivity index (χ1) is 10.6. The van der Waals surface area contributed by atoms with Crippen LogP contribution in [0.1, 0.15) is 23.3 Å². The molecule has 1 heterocycles. The molecule has 0 atom stereocenters. The smallest absolute Gasteiger partial charge is 0.269 e. The van der Waals surface area contributed by atoms with Gasteiger partial charge >= 0.3 is 0 Å². The van der Waals surface area contributed by atoms with Crippen LogP contribution in [0.15, 0.2) is 30.3 Å². The van der Waals surface area contributed by atoms with Gasteiger partial charge in [-0.15, -0.1) is 0 Å². The molecule has 6 nitrogen and oxygen atoms in total. The van der Waals surface area contributed by atoms with Gasteiger partial charge in [0.25, 0.3) is 5.91 Å². The van der Waals surface area contributed by atoms with Crippen LogP contribution in [0.5, 0.6) is 5.75 Å². The van der Waals surface area contributed by atoms with Gasteiger partial charge in [-0.3, -0.25) is 14.7 Å². The number of carbonyl (C=O) groups is 2. The molecular formula is C15H16ClN3O3. The van der Waals surface area contributed by atoms with Crippen molar-refractivity contribution >= 4 is 22.8 Å². The summed E-state index contributed by atoms with van der Waals surface area (Å²) in [5.41, 5.74) is 1.86. The monoisotopic (exact) mass is 321 g/mol. The molecule has 1 amide bonds. The SMILES string of the molecule is COc1cccc(-c2cc(C(=O)NCCCC(=O)Cl)[nH]n2)c1. The summed E-state index contributed by atoms with van der Waals surface area (Å²) in [6.07, 6.45) is 0.741. The maximum absolute atomic E-state index is 11.9. The van der Waals surface area contributed by atoms with Gasteiger partial charge in [0.2, 0.25) is 5.24 Å². The van der Waals surface area contributed by atoms with Gasteiger partial charge in [-0.25, -0.2) is 0 Å². The Kier molecular flexibility index (Phi) is 5.55. The van der Waals surface area contributed by atoms with Crippen LogP contribution in [0.4, 0.5) is 0 Å². The van der Waals surface area contributed by atoms with Crippen molar-refractivity contribution in [3.05, 3.63) is 36.0 Å². The van der Waals surface area contributed by atoms with Crippen LogP contribution in [-0.4, -0.2) is 35.0 Å². The zero-order valence-electron chi connectivity index (χ0n) is 12.1. The van der Waals surface area contributed by atoms with Crippen LogP contribution < -0.4 is 10.1 Å². The van der Waals surface area contributed by atoms with Crippen molar-refractivity contribution in [2.24, 2.45) is 0 Å². The number of ether oxygens (including phenoxy) is 1. The third kappa shape index (κ3) is 4.33. The molecule has 0 fully saturated rings. The number of halogens is 1. The van der Waals surface area contributed by atoms with Gasteiger partial charge in [0, 0.05) is 18.5 Å². The maximum atomic E-state index is 11.9. The normalized spacial score (nSPS) is 10.3. The van der Waals surface area contributed by atoms with E-state index in [0.717, 1.165) is 11.3 Å². The minimum absolute atomic E-state index is 0.236. The zero-order chi connectivity index (χ0) is 15.9. The molecule has 116 valence electrons. The number of H-pyrrole nitrogens is 1. The number of carbonyl (C=O) groups excluding carboxylic acids is 2. The number of amides is 1. The molecule has 0 radical (unpaired) electrons. The van der Waals surface area contributed by atoms with Crippen molar-refractivity contribution in [3.8, 4) is 17.0 Å². The Bertz CT molecular complexity index is 670. The van der Waals surface area contributed by atoms with E-state index in [0.29, 0.717) is 24.4 Å². The Morgan fingerprint density at radius 2 is 2.18 bits per heavy atom. The van der Waals surface area contributed by atoms with Crippen molar-refractivity contribution in [1.29, 1.82) is 0 Å². The fraction of sp³-hybridized carbons (Fsp3) is 0.267. The molecule has 0 spiro atoms. The fourth-order valence-electron chi connectivity index (χ4n) is 1.89. The van der Waals surface area contributed by atoms with E-state index in [1.165, 1.54) is 0 Å². The van der Waals surface area contributed by atoms with E-state index in [1.54, 1.807) is 13.2 Å². The number of hydrogen-bond acceptors (Lipinski definition) is 4. The van der Waals surface area contributed by atoms with Crippen LogP contribution in [0.3, 0.4) is 0 Å². The highest BCUT2D eigenvalue weighted by atomic mass is 35.5. The van der Waals surface area contributed by atoms with E-state index in [-0.39, 0.29) is 12.3 Å². The lowest BCUT2D eigenvalue weighted by molar-refractivity contribution is -0.111. The van der Waals surface area contributed by atoms with Gasteiger partial charge in [0.1, 0.15) is 11.4 Å². The molecule has 0 aliphatic carbocycles. The summed E-state index contributed by atoms with van der Waals surface area (Å²) in [6, 6.07) is 9.07. The summed E-state index contributed by atoms with van der Waals surface area (Å²) in [7, 11) is 1.59. The molecule has 2 aromatic rings. The fourth-order valence-corrected chi connectivity index (χ4v) is 2.03. The zero-order valence-corrected chi connectivity index (χ0v) is 12.8. The summed E-state index contributed by atoms with van der Waals surface area (Å²) >= 11 is 5.23. The highest BCUT2D eigenvalue weighted by Gasteiger charge is 2.11. The van der Waals surface area contributed by atoms with Crippen molar-refractivity contribution < 1.29 is 14.3 Å². The predicted molar refractivity (Wildman–Crippen MR) is 83.0 cm³/mol. The van der Waals surface area contributed by atoms with E-state index >= 15 is 0 Å². The second-order valence-electron chi connectivity index (χ2n) is 4.61. The average Bonchev–Trinajstić information content (AvgIpc) is 3.01. The van der Waals surface area contributed by atoms with E-state index in [1.807, 2.05) is 24.3 Å². The Balaban J connectivity index is 1.98. The highest BCUT2D eigenvalue weighted by Crippen LogP contribution is 2.22. The topological polar surface area (TPSA) is 84.1 Å². The van der Waals surface area contributed by atoms with Crippen LogP contribution in [0.2, 0.25) is 0 Å². The van der Waals surface area contributed by atoms with Crippen LogP contribution >= 0.6 is 11.6 Å². The lowest BCUT2D eigenvalue weighted by atomic mass is 10.1. The summed E-state index contributed by atoms with van der Waals surface area (Å²) < 4.78 is 5.16. The van der Waals surface area contributed by atoms with E-state index in [2.05, 4.69) is 15.5 Å². The molecule has 7 heteroatoms. The molecule has 0 aliphatic rings. The van der Waals surface area contributed by atoms with Gasteiger partial charge in [0.05, 0.1) is 12.8 Å². The van der Waals surface area contributed by atoms with Crippen molar-refractivity contribution in [2.45, 2.75) is 12.8 Å². The van der Waals surface area contributed by atoms with Crippen molar-refractivity contribution in [3.63, 3.8) is 0 Å². The van der Waals surface area contributed by atoms with E-state index < -0.39 is 5.24 Å². The quantitative estimate of drug-likeness (QED) is 0.605. The average molecular weight is 322 g/mol. The molecular weight excluding hydrogens is 306 g/mol. The largest absolute Gasteiger partial charge is 0.497 e. The molecule has 0 aliphatic heterocycles. The van der Waals surface area contributed by atoms with E-state index in [9.17, 15) is 9.59 Å². The van der Waals surface area contributed by atoms with Gasteiger partial charge in [-0.05, 0) is 36.2 Å². The first-order valence-corrected chi connectivity index (χ1v) is 7.14. The number of aromatic nitrogens is 2. The molecule has 22 heavy (non-hydrogen) atoms. The summed E-state index contributed by atoms with van der Waals surface area (Å²) in [5.74, 6) is 0.445. The van der Waals surface area contributed by atoms with E-state index in [4.69, 9.17) is 16.3 Å². The van der Waals surface area contributed by atoms with Crippen molar-refractivity contribution in [1.82, 2.24) is 15.5 Å². The lowest BCUT2D eigenvalue weighted by Crippen LogP contribution is -2.25. The number of rotatable bonds is 7. The van der Waals surface area contributed by atoms with Crippen LogP contribution in [0, 0.1) is 0 Å². The predicted octanol–water partition coefficient (Wildman–Crippen LogP) is 2.36. The Morgan fingerprint density at radius 3 is 2.91 bits per heavy atom. The van der Waals surface area contributed by atoms with Gasteiger partial charge in [-0.2, -0.15) is 5.10 Å². The summed E-state index contributed by atoms with van der Waals surface area (Å²) in [5, 5.41) is 9.11. The number of hydrogen-bond donors (Lipinski definition) is 2.